The lowest BCUT2D eigenvalue weighted by Crippen LogP contribution is -2.65. The van der Waals surface area contributed by atoms with Crippen LogP contribution in [0.1, 0.15) is 52.5 Å². The maximum absolute atomic E-state index is 13.7. The molecule has 1 aliphatic rings. The second-order valence-electron chi connectivity index (χ2n) is 12.9. The van der Waals surface area contributed by atoms with Crippen molar-refractivity contribution in [1.29, 1.82) is 0 Å². The lowest BCUT2D eigenvalue weighted by Gasteiger charge is -2.37. The Balaban J connectivity index is 2.37. The van der Waals surface area contributed by atoms with Crippen molar-refractivity contribution >= 4 is 23.9 Å². The molecular formula is C32H55N7O6. The van der Waals surface area contributed by atoms with Crippen LogP contribution in [-0.4, -0.2) is 116 Å². The van der Waals surface area contributed by atoms with Crippen LogP contribution in [0.25, 0.3) is 0 Å². The van der Waals surface area contributed by atoms with Gasteiger partial charge in [0.1, 0.15) is 6.04 Å². The number of nitrogens with zero attached hydrogens (tertiary/aromatic N) is 3. The number of benzene rings is 1. The van der Waals surface area contributed by atoms with Crippen LogP contribution in [0.5, 0.6) is 0 Å². The summed E-state index contributed by atoms with van der Waals surface area (Å²) in [6.45, 7) is 9.01. The van der Waals surface area contributed by atoms with E-state index in [4.69, 9.17) is 4.74 Å². The quantitative estimate of drug-likeness (QED) is 0.146. The minimum atomic E-state index is -2.17. The second-order valence-corrected chi connectivity index (χ2v) is 12.9. The normalized spacial score (nSPS) is 16.4. The predicted octanol–water partition coefficient (Wildman–Crippen LogP) is 1.78. The summed E-state index contributed by atoms with van der Waals surface area (Å²) in [5, 5.41) is 21.4. The van der Waals surface area contributed by atoms with Gasteiger partial charge in [-0.3, -0.25) is 15.0 Å². The van der Waals surface area contributed by atoms with E-state index < -0.39 is 35.7 Å². The van der Waals surface area contributed by atoms with E-state index in [2.05, 4.69) is 21.4 Å². The van der Waals surface area contributed by atoms with Gasteiger partial charge in [0, 0.05) is 66.5 Å². The van der Waals surface area contributed by atoms with Crippen LogP contribution in [-0.2, 0) is 20.7 Å². The lowest BCUT2D eigenvalue weighted by atomic mass is 9.97. The number of hydrogen-bond acceptors (Lipinski definition) is 7. The van der Waals surface area contributed by atoms with Crippen molar-refractivity contribution in [1.82, 2.24) is 36.2 Å². The highest BCUT2D eigenvalue weighted by atomic mass is 16.5. The van der Waals surface area contributed by atoms with Gasteiger partial charge in [0.25, 0.3) is 11.8 Å². The summed E-state index contributed by atoms with van der Waals surface area (Å²) in [6, 6.07) is 7.55. The van der Waals surface area contributed by atoms with E-state index in [1.54, 1.807) is 33.0 Å². The number of aryl methyl sites for hydroxylation is 1. The molecule has 0 unspecified atom stereocenters. The lowest BCUT2D eigenvalue weighted by molar-refractivity contribution is -0.148. The first-order chi connectivity index (χ1) is 21.1. The van der Waals surface area contributed by atoms with Gasteiger partial charge in [-0.05, 0) is 43.1 Å². The summed E-state index contributed by atoms with van der Waals surface area (Å²) in [5.74, 6) is -1.68. The van der Waals surface area contributed by atoms with Gasteiger partial charge in [-0.25, -0.2) is 14.6 Å². The Kier molecular flexibility index (Phi) is 15.0. The summed E-state index contributed by atoms with van der Waals surface area (Å²) in [5.41, 5.74) is 1.94. The molecule has 1 aromatic rings. The Morgan fingerprint density at radius 1 is 0.933 bits per heavy atom. The zero-order chi connectivity index (χ0) is 33.7. The van der Waals surface area contributed by atoms with E-state index in [9.17, 15) is 24.3 Å². The van der Waals surface area contributed by atoms with E-state index in [0.29, 0.717) is 32.6 Å². The number of rotatable bonds is 15. The Morgan fingerprint density at radius 3 is 2.07 bits per heavy atom. The third kappa shape index (κ3) is 12.1. The van der Waals surface area contributed by atoms with E-state index in [-0.39, 0.29) is 30.3 Å². The number of amides is 6. The van der Waals surface area contributed by atoms with E-state index >= 15 is 0 Å². The second kappa shape index (κ2) is 17.9. The van der Waals surface area contributed by atoms with Gasteiger partial charge in [-0.2, -0.15) is 0 Å². The molecule has 0 saturated carbocycles. The summed E-state index contributed by atoms with van der Waals surface area (Å²) in [4.78, 5) is 54.9. The molecule has 6 amide bonds. The minimum absolute atomic E-state index is 0.186. The van der Waals surface area contributed by atoms with Crippen molar-refractivity contribution in [3.05, 3.63) is 35.9 Å². The topological polar surface area (TPSA) is 156 Å². The first kappa shape index (κ1) is 37.8. The molecule has 1 heterocycles. The molecule has 2 rings (SSSR count). The summed E-state index contributed by atoms with van der Waals surface area (Å²) < 4.78 is 5.55. The average Bonchev–Trinajstić information content (AvgIpc) is 2.98. The van der Waals surface area contributed by atoms with Gasteiger partial charge in [0.15, 0.2) is 0 Å². The van der Waals surface area contributed by atoms with E-state index in [1.165, 1.54) is 23.9 Å². The Hall–Kier alpha value is -3.42. The molecule has 0 aromatic heterocycles. The van der Waals surface area contributed by atoms with Gasteiger partial charge in [0.2, 0.25) is 5.72 Å². The van der Waals surface area contributed by atoms with Crippen LogP contribution in [0.15, 0.2) is 30.3 Å². The largest absolute Gasteiger partial charge is 0.381 e. The van der Waals surface area contributed by atoms with E-state index in [1.807, 2.05) is 44.2 Å². The van der Waals surface area contributed by atoms with Crippen molar-refractivity contribution in [2.45, 2.75) is 71.2 Å². The molecule has 1 aromatic carbocycles. The highest BCUT2D eigenvalue weighted by molar-refractivity contribution is 5.90. The highest BCUT2D eigenvalue weighted by Gasteiger charge is 2.42. The van der Waals surface area contributed by atoms with Crippen LogP contribution in [0, 0.1) is 17.8 Å². The third-order valence-electron chi connectivity index (χ3n) is 8.01. The molecule has 0 spiro atoms. The molecule has 13 nitrogen and oxygen atoms in total. The number of ether oxygens (including phenoxy) is 1. The molecule has 0 radical (unpaired) electrons. The van der Waals surface area contributed by atoms with Crippen molar-refractivity contribution in [2.24, 2.45) is 17.8 Å². The molecule has 3 atom stereocenters. The molecular weight excluding hydrogens is 578 g/mol. The number of hydrogen-bond donors (Lipinski definition) is 5. The molecule has 1 saturated heterocycles. The SMILES string of the molecule is CC(C)[C@H](NC(=O)N(C)C)C(=O)NN(CC1CCOCC1)C[C@H](CCc1ccccc1)NC(=O)[C@@](O)(NC(=O)N(C)C)C(C)C. The van der Waals surface area contributed by atoms with Gasteiger partial charge < -0.3 is 35.6 Å². The van der Waals surface area contributed by atoms with Crippen molar-refractivity contribution in [3.63, 3.8) is 0 Å². The van der Waals surface area contributed by atoms with Crippen LogP contribution in [0.4, 0.5) is 9.59 Å². The standard InChI is InChI=1S/C32H55N7O6/c1-22(2)27(34-30(42)37(5)6)28(40)36-39(20-25-16-18-45-19-17-25)21-26(15-14-24-12-10-9-11-13-24)33-29(41)32(44,23(3)4)35-31(43)38(7)8/h9-13,22-23,25-27,44H,14-21H2,1-8H3,(H,33,41)(H,34,42)(H,35,43)(H,36,40)/t26-,27-,32+/m0/s1. The monoisotopic (exact) mass is 633 g/mol. The number of carbonyl (C=O) groups excluding carboxylic acids is 4. The van der Waals surface area contributed by atoms with Crippen LogP contribution < -0.4 is 21.4 Å². The third-order valence-corrected chi connectivity index (χ3v) is 8.01. The summed E-state index contributed by atoms with van der Waals surface area (Å²) in [6.07, 6.45) is 2.77. The van der Waals surface area contributed by atoms with E-state index in [0.717, 1.165) is 18.4 Å². The maximum atomic E-state index is 13.7. The molecule has 0 aliphatic carbocycles. The molecule has 5 N–H and O–H groups in total. The average molecular weight is 634 g/mol. The van der Waals surface area contributed by atoms with Gasteiger partial charge in [-0.1, -0.05) is 58.0 Å². The highest BCUT2D eigenvalue weighted by Crippen LogP contribution is 2.19. The van der Waals surface area contributed by atoms with Crippen molar-refractivity contribution in [3.8, 4) is 0 Å². The summed E-state index contributed by atoms with van der Waals surface area (Å²) >= 11 is 0. The van der Waals surface area contributed by atoms with Crippen molar-refractivity contribution in [2.75, 3.05) is 54.5 Å². The zero-order valence-electron chi connectivity index (χ0n) is 28.3. The van der Waals surface area contributed by atoms with Gasteiger partial charge in [0.05, 0.1) is 0 Å². The Morgan fingerprint density at radius 2 is 1.53 bits per heavy atom. The first-order valence-corrected chi connectivity index (χ1v) is 15.8. The fourth-order valence-corrected chi connectivity index (χ4v) is 4.92. The predicted molar refractivity (Wildman–Crippen MR) is 173 cm³/mol. The van der Waals surface area contributed by atoms with Gasteiger partial charge >= 0.3 is 12.1 Å². The zero-order valence-corrected chi connectivity index (χ0v) is 28.3. The fraction of sp³-hybridized carbons (Fsp3) is 0.688. The summed E-state index contributed by atoms with van der Waals surface area (Å²) in [7, 11) is 6.28. The number of aliphatic hydroxyl groups is 1. The molecule has 0 bridgehead atoms. The minimum Gasteiger partial charge on any atom is -0.381 e. The van der Waals surface area contributed by atoms with Crippen LogP contribution in [0.3, 0.4) is 0 Å². The Bertz CT molecular complexity index is 1090. The molecule has 45 heavy (non-hydrogen) atoms. The number of urea groups is 2. The molecule has 1 fully saturated rings. The number of hydrazine groups is 1. The van der Waals surface area contributed by atoms with Crippen molar-refractivity contribution < 1.29 is 29.0 Å². The molecule has 1 aliphatic heterocycles. The smallest absolute Gasteiger partial charge is 0.319 e. The van der Waals surface area contributed by atoms with Crippen LogP contribution >= 0.6 is 0 Å². The van der Waals surface area contributed by atoms with Gasteiger partial charge in [-0.15, -0.1) is 0 Å². The number of carbonyl (C=O) groups is 4. The first-order valence-electron chi connectivity index (χ1n) is 15.8. The molecule has 13 heteroatoms. The Labute approximate surface area is 268 Å². The van der Waals surface area contributed by atoms with Crippen LogP contribution in [0.2, 0.25) is 0 Å². The fourth-order valence-electron chi connectivity index (χ4n) is 4.92. The molecule has 254 valence electrons. The number of nitrogens with one attached hydrogen (secondary N) is 4. The maximum Gasteiger partial charge on any atom is 0.319 e.